The molecule has 0 aliphatic rings. The van der Waals surface area contributed by atoms with Crippen molar-refractivity contribution in [1.29, 1.82) is 0 Å². The Morgan fingerprint density at radius 2 is 1.12 bits per heavy atom. The highest BCUT2D eigenvalue weighted by atomic mass is 32.3. The van der Waals surface area contributed by atoms with Crippen LogP contribution in [0.1, 0.15) is 0 Å². The topological polar surface area (TPSA) is 404 Å². The Labute approximate surface area is 369 Å². The number of fused-ring (bicyclic) bond motifs is 2. The van der Waals surface area contributed by atoms with Crippen LogP contribution < -0.4 is 14.8 Å². The molecule has 0 saturated carbocycles. The number of phenolic OH excluding ortho intramolecular Hbond substituents is 1. The van der Waals surface area contributed by atoms with Crippen LogP contribution in [0.4, 0.5) is 28.4 Å². The van der Waals surface area contributed by atoms with Crippen molar-refractivity contribution in [2.24, 2.45) is 20.5 Å². The molecule has 6 N–H and O–H groups in total. The van der Waals surface area contributed by atoms with E-state index in [0.717, 1.165) is 56.7 Å². The molecular formula is C33H33N5O21S6. The van der Waals surface area contributed by atoms with E-state index in [1.807, 2.05) is 0 Å². The molecule has 65 heavy (non-hydrogen) atoms. The highest BCUT2D eigenvalue weighted by molar-refractivity contribution is 7.92. The molecule has 0 amide bonds. The number of phenols is 1. The molecule has 0 spiro atoms. The third-order valence-electron chi connectivity index (χ3n) is 8.78. The van der Waals surface area contributed by atoms with E-state index < -0.39 is 128 Å². The average molecular weight is 1030 g/mol. The lowest BCUT2D eigenvalue weighted by atomic mass is 10.1. The number of nitrogens with zero attached hydrogens (tertiary/aromatic N) is 4. The zero-order valence-electron chi connectivity index (χ0n) is 33.1. The van der Waals surface area contributed by atoms with E-state index in [1.165, 1.54) is 25.2 Å². The fraction of sp³-hybridized carbons (Fsp3) is 0.212. The third kappa shape index (κ3) is 11.8. The molecule has 0 saturated heterocycles. The first-order chi connectivity index (χ1) is 30.0. The Kier molecular flexibility index (Phi) is 14.6. The van der Waals surface area contributed by atoms with Gasteiger partial charge >= 0.3 is 20.8 Å². The Bertz CT molecular complexity index is 3490. The monoisotopic (exact) mass is 1030 g/mol. The summed E-state index contributed by atoms with van der Waals surface area (Å²) in [5, 5.41) is 29.2. The van der Waals surface area contributed by atoms with Crippen LogP contribution in [0.3, 0.4) is 0 Å². The minimum absolute atomic E-state index is 0.0697. The van der Waals surface area contributed by atoms with Gasteiger partial charge in [0.05, 0.1) is 49.5 Å². The van der Waals surface area contributed by atoms with Crippen LogP contribution in [0.5, 0.6) is 17.2 Å². The van der Waals surface area contributed by atoms with E-state index in [4.69, 9.17) is 18.6 Å². The first-order valence-corrected chi connectivity index (χ1v) is 26.2. The number of hydrogen-bond donors (Lipinski definition) is 6. The number of methoxy groups -OCH3 is 2. The molecule has 32 heteroatoms. The van der Waals surface area contributed by atoms with E-state index in [2.05, 4.69) is 34.1 Å². The number of hydrogen-bond acceptors (Lipinski definition) is 22. The number of benzene rings is 5. The van der Waals surface area contributed by atoms with Gasteiger partial charge in [-0.1, -0.05) is 12.1 Å². The summed E-state index contributed by atoms with van der Waals surface area (Å²) >= 11 is 0. The second-order valence-electron chi connectivity index (χ2n) is 12.8. The molecule has 5 aromatic carbocycles. The highest BCUT2D eigenvalue weighted by Gasteiger charge is 2.28. The molecule has 0 aliphatic heterocycles. The molecule has 0 atom stereocenters. The molecule has 26 nitrogen and oxygen atoms in total. The number of aromatic hydroxyl groups is 1. The highest BCUT2D eigenvalue weighted by Crippen LogP contribution is 2.48. The molecule has 5 aromatic rings. The second kappa shape index (κ2) is 18.8. The minimum atomic E-state index is -5.32. The van der Waals surface area contributed by atoms with Crippen LogP contribution in [-0.2, 0) is 69.1 Å². The van der Waals surface area contributed by atoms with Gasteiger partial charge in [0.15, 0.2) is 25.4 Å². The Balaban J connectivity index is 1.63. The number of rotatable bonds is 19. The summed E-state index contributed by atoms with van der Waals surface area (Å²) in [4.78, 5) is -2.91. The fourth-order valence-corrected chi connectivity index (χ4v) is 10.6. The van der Waals surface area contributed by atoms with Crippen LogP contribution >= 0.6 is 0 Å². The lowest BCUT2D eigenvalue weighted by molar-refractivity contribution is 0.282. The number of anilines is 1. The Morgan fingerprint density at radius 3 is 1.68 bits per heavy atom. The lowest BCUT2D eigenvalue weighted by Crippen LogP contribution is -2.16. The quantitative estimate of drug-likeness (QED) is 0.0497. The van der Waals surface area contributed by atoms with Crippen molar-refractivity contribution < 1.29 is 91.7 Å². The maximum absolute atomic E-state index is 13.0. The zero-order chi connectivity index (χ0) is 48.5. The summed E-state index contributed by atoms with van der Waals surface area (Å²) in [7, 11) is -25.6. The predicted octanol–water partition coefficient (Wildman–Crippen LogP) is 4.27. The fourth-order valence-electron chi connectivity index (χ4n) is 5.93. The molecule has 352 valence electrons. The third-order valence-corrected chi connectivity index (χ3v) is 14.9. The van der Waals surface area contributed by atoms with Gasteiger partial charge in [-0.25, -0.2) is 25.2 Å². The van der Waals surface area contributed by atoms with E-state index in [0.29, 0.717) is 0 Å². The molecule has 0 bridgehead atoms. The summed E-state index contributed by atoms with van der Waals surface area (Å²) in [5.74, 6) is -3.53. The van der Waals surface area contributed by atoms with Gasteiger partial charge in [-0.3, -0.25) is 18.2 Å². The van der Waals surface area contributed by atoms with Crippen LogP contribution in [0.2, 0.25) is 0 Å². The SMILES string of the molecule is CNc1ccc2c(O)c(/N=N/c3cc(OC)c(S(=O)(=O)CCOS(=O)(=O)O)cc3OC)c(S(=O)(=O)O)cc2c1/N=N/c1ccc2cc(S(=O)(=O)CCOS(=O)(=O)O)ccc2c1S(=O)(=O)O. The molecule has 0 unspecified atom stereocenters. The normalized spacial score (nSPS) is 13.3. The van der Waals surface area contributed by atoms with Crippen LogP contribution in [0.25, 0.3) is 21.5 Å². The molecule has 0 aromatic heterocycles. The van der Waals surface area contributed by atoms with Gasteiger partial charge in [0.2, 0.25) is 0 Å². The largest absolute Gasteiger partial charge is 0.505 e. The molecular weight excluding hydrogens is 995 g/mol. The van der Waals surface area contributed by atoms with Gasteiger partial charge < -0.3 is 19.9 Å². The van der Waals surface area contributed by atoms with Crippen molar-refractivity contribution in [3.8, 4) is 17.2 Å². The summed E-state index contributed by atoms with van der Waals surface area (Å²) in [6, 6.07) is 10.5. The number of nitrogens with one attached hydrogen (secondary N) is 1. The number of azo groups is 2. The van der Waals surface area contributed by atoms with Gasteiger partial charge in [-0.2, -0.15) is 33.7 Å². The maximum atomic E-state index is 13.0. The van der Waals surface area contributed by atoms with Crippen LogP contribution in [0.15, 0.2) is 101 Å². The molecule has 0 fully saturated rings. The zero-order valence-corrected chi connectivity index (χ0v) is 38.0. The standard InChI is InChI=1S/C33H33N5O21S6/c1-34-23-9-7-21-22(30(23)37-35-24-8-4-18-14-19(5-6-20(18)33(24)63(47,48)49)60(40,41)12-10-58-64(50,51)52)15-29(62(44,45)46)31(32(21)39)38-36-25-16-27(57-3)28(17-26(25)56-2)61(42,43)13-11-59-65(53,54)55/h4-9,14-17,34,39H,10-13H2,1-3H3,(H,44,45,46)(H,47,48,49)(H,50,51,52)(H,53,54,55)/b37-35+,38-36+. The molecule has 5 rings (SSSR count). The first-order valence-electron chi connectivity index (χ1n) is 17.3. The van der Waals surface area contributed by atoms with E-state index in [-0.39, 0.29) is 44.4 Å². The van der Waals surface area contributed by atoms with E-state index >= 15 is 0 Å². The number of ether oxygens (including phenoxy) is 2. The Hall–Kier alpha value is -5.52. The van der Waals surface area contributed by atoms with Crippen molar-refractivity contribution >= 4 is 111 Å². The summed E-state index contributed by atoms with van der Waals surface area (Å²) in [6.45, 7) is -1.93. The van der Waals surface area contributed by atoms with E-state index in [9.17, 15) is 64.7 Å². The van der Waals surface area contributed by atoms with Crippen LogP contribution in [0, 0.1) is 0 Å². The van der Waals surface area contributed by atoms with Crippen molar-refractivity contribution in [3.63, 3.8) is 0 Å². The summed E-state index contributed by atoms with van der Waals surface area (Å²) < 4.78 is 203. The van der Waals surface area contributed by atoms with Gasteiger partial charge in [-0.05, 0) is 41.8 Å². The van der Waals surface area contributed by atoms with Gasteiger partial charge in [0.1, 0.15) is 48.9 Å². The molecule has 0 heterocycles. The summed E-state index contributed by atoms with van der Waals surface area (Å²) in [5.41, 5.74) is -1.93. The van der Waals surface area contributed by atoms with Crippen molar-refractivity contribution in [1.82, 2.24) is 0 Å². The molecule has 0 radical (unpaired) electrons. The molecule has 0 aliphatic carbocycles. The van der Waals surface area contributed by atoms with Crippen molar-refractivity contribution in [3.05, 3.63) is 60.7 Å². The summed E-state index contributed by atoms with van der Waals surface area (Å²) in [6.07, 6.45) is 0. The second-order valence-corrected chi connectivity index (χ2v) is 22.0. The maximum Gasteiger partial charge on any atom is 0.397 e. The smallest absolute Gasteiger partial charge is 0.397 e. The lowest BCUT2D eigenvalue weighted by Gasteiger charge is -2.14. The van der Waals surface area contributed by atoms with Crippen LogP contribution in [-0.4, -0.2) is 120 Å². The van der Waals surface area contributed by atoms with Gasteiger partial charge in [0, 0.05) is 35.3 Å². The average Bonchev–Trinajstić information content (AvgIpc) is 3.19. The predicted molar refractivity (Wildman–Crippen MR) is 226 cm³/mol. The Morgan fingerprint density at radius 1 is 0.554 bits per heavy atom. The number of sulfone groups is 2. The van der Waals surface area contributed by atoms with Gasteiger partial charge in [-0.15, -0.1) is 20.5 Å². The van der Waals surface area contributed by atoms with Crippen molar-refractivity contribution in [2.75, 3.05) is 51.3 Å². The first kappa shape index (κ1) is 50.5. The van der Waals surface area contributed by atoms with Gasteiger partial charge in [0.25, 0.3) is 20.2 Å². The van der Waals surface area contributed by atoms with E-state index in [1.54, 1.807) is 0 Å². The minimum Gasteiger partial charge on any atom is -0.505 e. The van der Waals surface area contributed by atoms with Crippen molar-refractivity contribution in [2.45, 2.75) is 19.6 Å².